The Bertz CT molecular complexity index is 103. The van der Waals surface area contributed by atoms with Crippen molar-refractivity contribution in [3.63, 3.8) is 0 Å². The Labute approximate surface area is 76.5 Å². The molecule has 0 spiro atoms. The highest BCUT2D eigenvalue weighted by atomic mass is 16.5. The van der Waals surface area contributed by atoms with E-state index in [0.29, 0.717) is 0 Å². The molecular formula is C11H22O. The number of hydrogen-bond acceptors (Lipinski definition) is 1. The summed E-state index contributed by atoms with van der Waals surface area (Å²) < 4.78 is 5.51. The molecule has 1 nitrogen and oxygen atoms in total. The zero-order valence-electron chi connectivity index (χ0n) is 8.51. The molecule has 0 saturated carbocycles. The molecule has 72 valence electrons. The lowest BCUT2D eigenvalue weighted by molar-refractivity contribution is 0.0276. The molecular weight excluding hydrogens is 148 g/mol. The summed E-state index contributed by atoms with van der Waals surface area (Å²) in [5.74, 6) is 1.79. The first-order valence-corrected chi connectivity index (χ1v) is 5.46. The molecule has 1 aliphatic heterocycles. The van der Waals surface area contributed by atoms with Crippen LogP contribution in [0.5, 0.6) is 0 Å². The van der Waals surface area contributed by atoms with Gasteiger partial charge in [0.2, 0.25) is 0 Å². The maximum absolute atomic E-state index is 5.51. The average Bonchev–Trinajstić information content (AvgIpc) is 2.15. The molecule has 1 heterocycles. The van der Waals surface area contributed by atoms with Crippen LogP contribution in [-0.4, -0.2) is 13.2 Å². The van der Waals surface area contributed by atoms with Crippen molar-refractivity contribution < 1.29 is 4.74 Å². The van der Waals surface area contributed by atoms with Gasteiger partial charge in [0, 0.05) is 13.2 Å². The summed E-state index contributed by atoms with van der Waals surface area (Å²) in [7, 11) is 0. The van der Waals surface area contributed by atoms with Crippen molar-refractivity contribution in [3.8, 4) is 0 Å². The van der Waals surface area contributed by atoms with Gasteiger partial charge in [-0.2, -0.15) is 0 Å². The van der Waals surface area contributed by atoms with Crippen molar-refractivity contribution in [1.82, 2.24) is 0 Å². The van der Waals surface area contributed by atoms with Crippen LogP contribution < -0.4 is 0 Å². The lowest BCUT2D eigenvalue weighted by Gasteiger charge is -2.29. The highest BCUT2D eigenvalue weighted by molar-refractivity contribution is 4.71. The third-order valence-corrected chi connectivity index (χ3v) is 3.05. The first-order valence-electron chi connectivity index (χ1n) is 5.46. The summed E-state index contributed by atoms with van der Waals surface area (Å²) in [6.07, 6.45) is 6.74. The van der Waals surface area contributed by atoms with Crippen LogP contribution >= 0.6 is 0 Å². The second-order valence-corrected chi connectivity index (χ2v) is 3.93. The standard InChI is InChI=1S/C11H22O/c1-3-6-10(4-2)11-7-5-8-12-9-11/h10-11H,3-9H2,1-2H3. The van der Waals surface area contributed by atoms with E-state index in [4.69, 9.17) is 4.74 Å². The molecule has 1 aliphatic rings. The van der Waals surface area contributed by atoms with Crippen molar-refractivity contribution in [2.75, 3.05) is 13.2 Å². The first-order chi connectivity index (χ1) is 5.88. The van der Waals surface area contributed by atoms with E-state index in [2.05, 4.69) is 13.8 Å². The van der Waals surface area contributed by atoms with Crippen LogP contribution in [0.3, 0.4) is 0 Å². The largest absolute Gasteiger partial charge is 0.381 e. The maximum atomic E-state index is 5.51. The van der Waals surface area contributed by atoms with Crippen LogP contribution in [0.25, 0.3) is 0 Å². The lowest BCUT2D eigenvalue weighted by Crippen LogP contribution is -2.24. The van der Waals surface area contributed by atoms with Gasteiger partial charge in [-0.15, -0.1) is 0 Å². The van der Waals surface area contributed by atoms with Crippen LogP contribution in [0.1, 0.15) is 46.0 Å². The fraction of sp³-hybridized carbons (Fsp3) is 1.00. The highest BCUT2D eigenvalue weighted by Crippen LogP contribution is 2.28. The Morgan fingerprint density at radius 2 is 2.25 bits per heavy atom. The van der Waals surface area contributed by atoms with Gasteiger partial charge in [0.25, 0.3) is 0 Å². The van der Waals surface area contributed by atoms with Gasteiger partial charge in [0.05, 0.1) is 0 Å². The SMILES string of the molecule is CCCC(CC)C1CCCOC1. The van der Waals surface area contributed by atoms with Gasteiger partial charge in [-0.05, 0) is 24.7 Å². The molecule has 2 atom stereocenters. The zero-order valence-corrected chi connectivity index (χ0v) is 8.51. The van der Waals surface area contributed by atoms with Gasteiger partial charge < -0.3 is 4.74 Å². The van der Waals surface area contributed by atoms with Crippen molar-refractivity contribution in [3.05, 3.63) is 0 Å². The molecule has 1 saturated heterocycles. The summed E-state index contributed by atoms with van der Waals surface area (Å²) in [5.41, 5.74) is 0. The number of rotatable bonds is 4. The molecule has 0 aromatic carbocycles. The van der Waals surface area contributed by atoms with Crippen molar-refractivity contribution >= 4 is 0 Å². The summed E-state index contributed by atoms with van der Waals surface area (Å²) in [4.78, 5) is 0. The predicted octanol–water partition coefficient (Wildman–Crippen LogP) is 3.24. The Kier molecular flexibility index (Phi) is 4.67. The molecule has 0 amide bonds. The Morgan fingerprint density at radius 1 is 1.42 bits per heavy atom. The topological polar surface area (TPSA) is 9.23 Å². The van der Waals surface area contributed by atoms with E-state index in [9.17, 15) is 0 Å². The fourth-order valence-electron chi connectivity index (χ4n) is 2.28. The van der Waals surface area contributed by atoms with E-state index < -0.39 is 0 Å². The molecule has 0 aliphatic carbocycles. The van der Waals surface area contributed by atoms with Crippen LogP contribution in [0, 0.1) is 11.8 Å². The minimum absolute atomic E-state index is 0.865. The van der Waals surface area contributed by atoms with Crippen LogP contribution in [0.2, 0.25) is 0 Å². The predicted molar refractivity (Wildman–Crippen MR) is 52.2 cm³/mol. The lowest BCUT2D eigenvalue weighted by atomic mass is 9.83. The van der Waals surface area contributed by atoms with Crippen LogP contribution in [-0.2, 0) is 4.74 Å². The third kappa shape index (κ3) is 2.78. The van der Waals surface area contributed by atoms with E-state index in [1.165, 1.54) is 32.1 Å². The van der Waals surface area contributed by atoms with Gasteiger partial charge in [0.1, 0.15) is 0 Å². The first kappa shape index (κ1) is 10.0. The molecule has 0 N–H and O–H groups in total. The second kappa shape index (κ2) is 5.58. The number of hydrogen-bond donors (Lipinski definition) is 0. The quantitative estimate of drug-likeness (QED) is 0.629. The van der Waals surface area contributed by atoms with Gasteiger partial charge in [-0.25, -0.2) is 0 Å². The Balaban J connectivity index is 2.29. The molecule has 1 heteroatoms. The molecule has 0 bridgehead atoms. The van der Waals surface area contributed by atoms with E-state index in [1.807, 2.05) is 0 Å². The average molecular weight is 170 g/mol. The van der Waals surface area contributed by atoms with Gasteiger partial charge >= 0.3 is 0 Å². The molecule has 1 rings (SSSR count). The zero-order chi connectivity index (χ0) is 8.81. The minimum atomic E-state index is 0.865. The fourth-order valence-corrected chi connectivity index (χ4v) is 2.28. The summed E-state index contributed by atoms with van der Waals surface area (Å²) in [6, 6.07) is 0. The van der Waals surface area contributed by atoms with Gasteiger partial charge in [-0.3, -0.25) is 0 Å². The third-order valence-electron chi connectivity index (χ3n) is 3.05. The van der Waals surface area contributed by atoms with Crippen molar-refractivity contribution in [2.24, 2.45) is 11.8 Å². The molecule has 2 unspecified atom stereocenters. The summed E-state index contributed by atoms with van der Waals surface area (Å²) in [5, 5.41) is 0. The van der Waals surface area contributed by atoms with E-state index in [-0.39, 0.29) is 0 Å². The summed E-state index contributed by atoms with van der Waals surface area (Å²) in [6.45, 7) is 6.62. The number of ether oxygens (including phenoxy) is 1. The molecule has 0 radical (unpaired) electrons. The smallest absolute Gasteiger partial charge is 0.0496 e. The van der Waals surface area contributed by atoms with E-state index in [1.54, 1.807) is 0 Å². The summed E-state index contributed by atoms with van der Waals surface area (Å²) >= 11 is 0. The van der Waals surface area contributed by atoms with E-state index >= 15 is 0 Å². The highest BCUT2D eigenvalue weighted by Gasteiger charge is 2.21. The van der Waals surface area contributed by atoms with Gasteiger partial charge in [0.15, 0.2) is 0 Å². The van der Waals surface area contributed by atoms with Crippen LogP contribution in [0.15, 0.2) is 0 Å². The monoisotopic (exact) mass is 170 g/mol. The normalized spacial score (nSPS) is 27.0. The maximum Gasteiger partial charge on any atom is 0.0496 e. The van der Waals surface area contributed by atoms with Gasteiger partial charge in [-0.1, -0.05) is 33.1 Å². The Hall–Kier alpha value is -0.0400. The Morgan fingerprint density at radius 3 is 2.75 bits per heavy atom. The second-order valence-electron chi connectivity index (χ2n) is 3.93. The minimum Gasteiger partial charge on any atom is -0.381 e. The van der Waals surface area contributed by atoms with Crippen molar-refractivity contribution in [1.29, 1.82) is 0 Å². The van der Waals surface area contributed by atoms with Crippen LogP contribution in [0.4, 0.5) is 0 Å². The van der Waals surface area contributed by atoms with E-state index in [0.717, 1.165) is 25.0 Å². The molecule has 1 fully saturated rings. The molecule has 12 heavy (non-hydrogen) atoms. The molecule has 0 aromatic heterocycles. The molecule has 0 aromatic rings. The van der Waals surface area contributed by atoms with Crippen molar-refractivity contribution in [2.45, 2.75) is 46.0 Å².